The van der Waals surface area contributed by atoms with E-state index in [1.54, 1.807) is 15.9 Å². The molecule has 0 saturated heterocycles. The molecule has 0 aliphatic heterocycles. The lowest BCUT2D eigenvalue weighted by Gasteiger charge is -2.04. The normalized spacial score (nSPS) is 11.0. The Kier molecular flexibility index (Phi) is 2.49. The fraction of sp³-hybridized carbons (Fsp3) is 0.0833. The molecule has 0 bridgehead atoms. The number of carbonyl (C=O) groups is 1. The smallest absolute Gasteiger partial charge is 0.256 e. The molecule has 3 heterocycles. The first-order valence-corrected chi connectivity index (χ1v) is 6.35. The minimum atomic E-state index is -0.775. The molecule has 3 rings (SSSR count). The Hall–Kier alpha value is -2.41. The summed E-state index contributed by atoms with van der Waals surface area (Å²) in [6.45, 7) is 1.98. The number of aryl methyl sites for hydroxylation is 1. The molecule has 0 aromatic carbocycles. The molecule has 1 amide bonds. The molecule has 0 fully saturated rings. The number of hydrogen-bond acceptors (Lipinski definition) is 4. The topological polar surface area (TPSA) is 93.2 Å². The van der Waals surface area contributed by atoms with Crippen molar-refractivity contribution in [2.75, 3.05) is 0 Å². The third-order valence-electron chi connectivity index (χ3n) is 2.80. The lowest BCUT2D eigenvalue weighted by Crippen LogP contribution is -2.23. The van der Waals surface area contributed by atoms with Gasteiger partial charge in [0.2, 0.25) is 0 Å². The van der Waals surface area contributed by atoms with Crippen LogP contribution in [0.5, 0.6) is 0 Å². The number of primary amides is 1. The number of rotatable bonds is 2. The van der Waals surface area contributed by atoms with Crippen molar-refractivity contribution in [3.8, 4) is 10.6 Å². The maximum absolute atomic E-state index is 12.0. The van der Waals surface area contributed by atoms with Gasteiger partial charge in [-0.05, 0) is 19.1 Å². The van der Waals surface area contributed by atoms with Gasteiger partial charge in [-0.3, -0.25) is 14.7 Å². The van der Waals surface area contributed by atoms with Crippen LogP contribution in [0.15, 0.2) is 29.3 Å². The Balaban J connectivity index is 2.40. The van der Waals surface area contributed by atoms with Gasteiger partial charge in [0.15, 0.2) is 11.1 Å². The van der Waals surface area contributed by atoms with Gasteiger partial charge in [0, 0.05) is 10.9 Å². The number of aromatic amines is 1. The second kappa shape index (κ2) is 4.06. The highest BCUT2D eigenvalue weighted by atomic mass is 32.1. The molecule has 3 N–H and O–H groups in total. The van der Waals surface area contributed by atoms with Crippen LogP contribution in [0.2, 0.25) is 0 Å². The number of carbonyl (C=O) groups excluding carboxylic acids is 1. The molecule has 0 atom stereocenters. The van der Waals surface area contributed by atoms with E-state index in [9.17, 15) is 9.59 Å². The third kappa shape index (κ3) is 1.75. The molecular formula is C12H10N4O2S. The molecule has 3 aromatic rings. The van der Waals surface area contributed by atoms with E-state index in [-0.39, 0.29) is 11.2 Å². The summed E-state index contributed by atoms with van der Waals surface area (Å²) >= 11 is 1.56. The first kappa shape index (κ1) is 11.7. The highest BCUT2D eigenvalue weighted by Gasteiger charge is 2.17. The number of hydrogen-bond donors (Lipinski definition) is 2. The van der Waals surface area contributed by atoms with Crippen molar-refractivity contribution in [1.82, 2.24) is 14.6 Å². The number of fused-ring (bicyclic) bond motifs is 1. The van der Waals surface area contributed by atoms with Crippen molar-refractivity contribution in [3.63, 3.8) is 0 Å². The highest BCUT2D eigenvalue weighted by Crippen LogP contribution is 2.27. The van der Waals surface area contributed by atoms with Crippen molar-refractivity contribution >= 4 is 22.9 Å². The number of aromatic nitrogens is 3. The van der Waals surface area contributed by atoms with Gasteiger partial charge >= 0.3 is 0 Å². The summed E-state index contributed by atoms with van der Waals surface area (Å²) in [7, 11) is 0. The van der Waals surface area contributed by atoms with E-state index < -0.39 is 11.3 Å². The number of pyridine rings is 1. The van der Waals surface area contributed by atoms with Crippen molar-refractivity contribution in [2.24, 2.45) is 5.73 Å². The molecule has 6 nitrogen and oxygen atoms in total. The largest absolute Gasteiger partial charge is 0.365 e. The number of nitrogens with zero attached hydrogens (tertiary/aromatic N) is 2. The number of amides is 1. The van der Waals surface area contributed by atoms with Gasteiger partial charge in [-0.2, -0.15) is 0 Å². The van der Waals surface area contributed by atoms with E-state index >= 15 is 0 Å². The molecule has 0 unspecified atom stereocenters. The van der Waals surface area contributed by atoms with Crippen LogP contribution >= 0.6 is 11.3 Å². The zero-order valence-corrected chi connectivity index (χ0v) is 10.8. The first-order valence-electron chi connectivity index (χ1n) is 5.53. The summed E-state index contributed by atoms with van der Waals surface area (Å²) in [6.07, 6.45) is 1.42. The van der Waals surface area contributed by atoms with E-state index in [1.807, 2.05) is 19.1 Å². The third-order valence-corrected chi connectivity index (χ3v) is 3.83. The van der Waals surface area contributed by atoms with E-state index in [1.165, 1.54) is 12.4 Å². The van der Waals surface area contributed by atoms with Crippen molar-refractivity contribution < 1.29 is 4.79 Å². The summed E-state index contributed by atoms with van der Waals surface area (Å²) in [4.78, 5) is 29.4. The second-order valence-corrected chi connectivity index (χ2v) is 5.38. The van der Waals surface area contributed by atoms with Gasteiger partial charge < -0.3 is 5.73 Å². The van der Waals surface area contributed by atoms with Crippen LogP contribution in [0, 0.1) is 6.92 Å². The SMILES string of the molecule is Cc1ccc(-c2cc(=O)c(C(N)=O)c3nc[nH]n23)s1. The van der Waals surface area contributed by atoms with Crippen LogP contribution in [0.25, 0.3) is 16.2 Å². The van der Waals surface area contributed by atoms with E-state index in [0.717, 1.165) is 9.75 Å². The van der Waals surface area contributed by atoms with Crippen molar-refractivity contribution in [1.29, 1.82) is 0 Å². The standard InChI is InChI=1S/C12H10N4O2S/c1-6-2-3-9(19-6)7-4-8(17)10(11(13)18)12-14-5-15-16(7)12/h2-5H,1H3,(H2,13,18)(H,14,15). The average molecular weight is 274 g/mol. The Morgan fingerprint density at radius 2 is 2.26 bits per heavy atom. The maximum atomic E-state index is 12.0. The van der Waals surface area contributed by atoms with E-state index in [2.05, 4.69) is 10.1 Å². The van der Waals surface area contributed by atoms with Crippen LogP contribution in [0.1, 0.15) is 15.2 Å². The molecule has 19 heavy (non-hydrogen) atoms. The minimum Gasteiger partial charge on any atom is -0.365 e. The molecule has 0 radical (unpaired) electrons. The summed E-state index contributed by atoms with van der Waals surface area (Å²) in [6, 6.07) is 5.29. The van der Waals surface area contributed by atoms with Gasteiger partial charge in [0.1, 0.15) is 11.9 Å². The lowest BCUT2D eigenvalue weighted by atomic mass is 10.2. The Morgan fingerprint density at radius 1 is 1.47 bits per heavy atom. The highest BCUT2D eigenvalue weighted by molar-refractivity contribution is 7.15. The maximum Gasteiger partial charge on any atom is 0.256 e. The van der Waals surface area contributed by atoms with Crippen LogP contribution in [-0.4, -0.2) is 20.5 Å². The molecule has 0 aliphatic rings. The Bertz CT molecular complexity index is 843. The van der Waals surface area contributed by atoms with Gasteiger partial charge in [-0.1, -0.05) is 0 Å². The number of thiophene rings is 1. The minimum absolute atomic E-state index is 0.0988. The van der Waals surface area contributed by atoms with Crippen LogP contribution in [0.4, 0.5) is 0 Å². The zero-order valence-electron chi connectivity index (χ0n) is 10.0. The molecule has 7 heteroatoms. The summed E-state index contributed by atoms with van der Waals surface area (Å²) < 4.78 is 1.59. The fourth-order valence-electron chi connectivity index (χ4n) is 1.98. The van der Waals surface area contributed by atoms with Crippen LogP contribution < -0.4 is 11.2 Å². The van der Waals surface area contributed by atoms with E-state index in [4.69, 9.17) is 5.73 Å². The molecule has 3 aromatic heterocycles. The second-order valence-electron chi connectivity index (χ2n) is 4.09. The number of H-pyrrole nitrogens is 1. The summed E-state index contributed by atoms with van der Waals surface area (Å²) in [5, 5.41) is 2.88. The predicted molar refractivity (Wildman–Crippen MR) is 72.4 cm³/mol. The van der Waals surface area contributed by atoms with Crippen molar-refractivity contribution in [2.45, 2.75) is 6.92 Å². The van der Waals surface area contributed by atoms with Crippen LogP contribution in [0.3, 0.4) is 0 Å². The molecule has 0 aliphatic carbocycles. The van der Waals surface area contributed by atoms with Gasteiger partial charge in [0.25, 0.3) is 5.91 Å². The number of nitrogens with two attached hydrogens (primary N) is 1. The van der Waals surface area contributed by atoms with E-state index in [0.29, 0.717) is 5.69 Å². The van der Waals surface area contributed by atoms with Gasteiger partial charge in [-0.15, -0.1) is 11.3 Å². The Morgan fingerprint density at radius 3 is 2.89 bits per heavy atom. The van der Waals surface area contributed by atoms with Crippen LogP contribution in [-0.2, 0) is 0 Å². The molecule has 0 saturated carbocycles. The molecular weight excluding hydrogens is 264 g/mol. The Labute approximate surface area is 111 Å². The molecule has 0 spiro atoms. The summed E-state index contributed by atoms with van der Waals surface area (Å²) in [5.41, 5.74) is 5.63. The van der Waals surface area contributed by atoms with Gasteiger partial charge in [0.05, 0.1) is 10.6 Å². The monoisotopic (exact) mass is 274 g/mol. The first-order chi connectivity index (χ1) is 9.08. The quantitative estimate of drug-likeness (QED) is 0.734. The fourth-order valence-corrected chi connectivity index (χ4v) is 2.86. The van der Waals surface area contributed by atoms with Crippen molar-refractivity contribution in [3.05, 3.63) is 45.2 Å². The number of nitrogens with one attached hydrogen (secondary N) is 1. The zero-order chi connectivity index (χ0) is 13.6. The predicted octanol–water partition coefficient (Wildman–Crippen LogP) is 1.16. The average Bonchev–Trinajstić information content (AvgIpc) is 2.95. The summed E-state index contributed by atoms with van der Waals surface area (Å²) in [5.74, 6) is -0.775. The molecule has 96 valence electrons. The van der Waals surface area contributed by atoms with Gasteiger partial charge in [-0.25, -0.2) is 9.50 Å². The lowest BCUT2D eigenvalue weighted by molar-refractivity contribution is 0.100.